The van der Waals surface area contributed by atoms with Gasteiger partial charge in [0.2, 0.25) is 0 Å². The Labute approximate surface area is 202 Å². The predicted octanol–water partition coefficient (Wildman–Crippen LogP) is 3.56. The number of hydrogen-bond acceptors (Lipinski definition) is 6. The molecule has 1 saturated heterocycles. The van der Waals surface area contributed by atoms with E-state index in [4.69, 9.17) is 39.1 Å². The molecule has 0 amide bonds. The zero-order valence-corrected chi connectivity index (χ0v) is 17.5. The number of nitrogens with zero attached hydrogens (tertiary/aromatic N) is 1. The highest BCUT2D eigenvalue weighted by Gasteiger charge is 2.41. The number of carbonyl (C=O) groups excluding carboxylic acids is 1. The smallest absolute Gasteiger partial charge is 0.323 e. The molecule has 30 heavy (non-hydrogen) atoms. The summed E-state index contributed by atoms with van der Waals surface area (Å²) in [5, 5.41) is 0. The van der Waals surface area contributed by atoms with E-state index in [1.165, 1.54) is 0 Å². The van der Waals surface area contributed by atoms with Gasteiger partial charge < -0.3 is 19.9 Å². The number of benzene rings is 1. The average molecular weight is 434 g/mol. The van der Waals surface area contributed by atoms with Crippen LogP contribution >= 0.6 is 0 Å². The molecule has 2 aliphatic heterocycles. The number of ether oxygens (including phenoxy) is 3. The Morgan fingerprint density at radius 2 is 2.10 bits per heavy atom. The van der Waals surface area contributed by atoms with Crippen molar-refractivity contribution in [1.82, 2.24) is 4.90 Å². The van der Waals surface area contributed by atoms with Crippen LogP contribution in [0.5, 0.6) is 11.5 Å². The fourth-order valence-electron chi connectivity index (χ4n) is 3.74. The maximum Gasteiger partial charge on any atom is 0.323 e. The number of rotatable bonds is 7. The first-order valence-corrected chi connectivity index (χ1v) is 9.65. The minimum absolute atomic E-state index is 0.149. The lowest BCUT2D eigenvalue weighted by Gasteiger charge is -2.47. The number of esters is 1. The molecule has 3 unspecified atom stereocenters. The quantitative estimate of drug-likeness (QED) is 0.663. The van der Waals surface area contributed by atoms with Gasteiger partial charge in [0.1, 0.15) is 12.1 Å². The van der Waals surface area contributed by atoms with Gasteiger partial charge in [-0.05, 0) is 47.8 Å². The molecule has 0 bridgehead atoms. The van der Waals surface area contributed by atoms with Gasteiger partial charge in [0, 0.05) is 46.5 Å². The van der Waals surface area contributed by atoms with Gasteiger partial charge in [-0.15, -0.1) is 0 Å². The normalized spacial score (nSPS) is 40.3. The van der Waals surface area contributed by atoms with Crippen molar-refractivity contribution in [3.8, 4) is 11.5 Å². The van der Waals surface area contributed by atoms with E-state index in [0.29, 0.717) is 0 Å². The average Bonchev–Trinajstić information content (AvgIpc) is 2.87. The second-order valence-electron chi connectivity index (χ2n) is 7.69. The Balaban J connectivity index is 2.28. The molecule has 3 rings (SSSR count). The van der Waals surface area contributed by atoms with E-state index >= 15 is 0 Å². The number of piperidine rings is 1. The van der Waals surface area contributed by atoms with Gasteiger partial charge >= 0.3 is 5.97 Å². The molecule has 0 aliphatic carbocycles. The number of carbonyl (C=O) groups is 1. The molecule has 2 aliphatic rings. The van der Waals surface area contributed by atoms with Gasteiger partial charge in [0.05, 0.1) is 19.7 Å². The lowest BCUT2D eigenvalue weighted by molar-refractivity contribution is -0.160. The van der Waals surface area contributed by atoms with Crippen LogP contribution in [0.25, 0.3) is 0 Å². The van der Waals surface area contributed by atoms with Gasteiger partial charge in [-0.2, -0.15) is 0 Å². The van der Waals surface area contributed by atoms with E-state index in [9.17, 15) is 6.17 Å². The first-order valence-electron chi connectivity index (χ1n) is 17.1. The molecule has 2 N–H and O–H groups in total. The molecule has 6 nitrogen and oxygen atoms in total. The summed E-state index contributed by atoms with van der Waals surface area (Å²) >= 11 is 0. The Kier molecular flexibility index (Phi) is 3.26. The Bertz CT molecular complexity index is 1320. The molecule has 1 aromatic carbocycles. The standard InChI is InChI=1S/C24H38N2O4/c1-14(2)9-17-13-26-8-7-16-10-21(28-5)22(29-6)11-18(16)19(26)12-20(17)30-24(27)23(25)15(3)4/h10-11,14-15,17,19-20,23H,7-9,12-13,25H2,1-6H3/t17?,19?,20?,23-/m0/s1/i3D3,4D3,7D2,8D2,10D,11D,15D,19D,23D. The van der Waals surface area contributed by atoms with E-state index in [-0.39, 0.29) is 23.8 Å². The van der Waals surface area contributed by atoms with Crippen LogP contribution in [0.2, 0.25) is 0 Å². The van der Waals surface area contributed by atoms with Crippen LogP contribution in [0.15, 0.2) is 12.1 Å². The predicted molar refractivity (Wildman–Crippen MR) is 118 cm³/mol. The van der Waals surface area contributed by atoms with Crippen LogP contribution in [0.1, 0.15) is 78.1 Å². The van der Waals surface area contributed by atoms with Gasteiger partial charge in [0.25, 0.3) is 0 Å². The van der Waals surface area contributed by atoms with Crippen LogP contribution in [0, 0.1) is 17.7 Å². The minimum Gasteiger partial charge on any atom is -0.493 e. The highest BCUT2D eigenvalue weighted by Crippen LogP contribution is 2.44. The molecule has 0 spiro atoms. The molecule has 6 heteroatoms. The Hall–Kier alpha value is -1.79. The summed E-state index contributed by atoms with van der Waals surface area (Å²) in [7, 11) is 2.31. The summed E-state index contributed by atoms with van der Waals surface area (Å²) in [6, 6.07) is -7.35. The second kappa shape index (κ2) is 9.56. The van der Waals surface area contributed by atoms with Crippen LogP contribution in [-0.4, -0.2) is 50.3 Å². The molecular weight excluding hydrogens is 380 g/mol. The highest BCUT2D eigenvalue weighted by atomic mass is 16.5. The van der Waals surface area contributed by atoms with E-state index in [0.717, 1.165) is 19.1 Å². The molecule has 2 heterocycles. The number of methoxy groups -OCH3 is 2. The van der Waals surface area contributed by atoms with Gasteiger partial charge in [0.15, 0.2) is 11.5 Å². The highest BCUT2D eigenvalue weighted by molar-refractivity contribution is 5.76. The lowest BCUT2D eigenvalue weighted by Crippen LogP contribution is -2.51. The van der Waals surface area contributed by atoms with Crippen LogP contribution in [-0.2, 0) is 15.9 Å². The minimum atomic E-state index is -3.85. The zero-order valence-electron chi connectivity index (χ0n) is 32.5. The number of hydrogen-bond donors (Lipinski definition) is 1. The van der Waals surface area contributed by atoms with Crippen LogP contribution in [0.3, 0.4) is 0 Å². The summed E-state index contributed by atoms with van der Waals surface area (Å²) in [6.45, 7) is -7.37. The molecule has 0 aromatic heterocycles. The largest absolute Gasteiger partial charge is 0.493 e. The molecule has 0 saturated carbocycles. The van der Waals surface area contributed by atoms with E-state index < -0.39 is 98.7 Å². The molecular formula is C24H38N2O4. The van der Waals surface area contributed by atoms with Crippen molar-refractivity contribution in [2.75, 3.05) is 27.3 Å². The van der Waals surface area contributed by atoms with Crippen molar-refractivity contribution >= 4 is 5.97 Å². The topological polar surface area (TPSA) is 74.0 Å². The monoisotopic (exact) mass is 433 g/mol. The summed E-state index contributed by atoms with van der Waals surface area (Å²) in [5.74, 6) is -7.46. The lowest BCUT2D eigenvalue weighted by atomic mass is 9.79. The Morgan fingerprint density at radius 1 is 1.40 bits per heavy atom. The maximum atomic E-state index is 13.5. The van der Waals surface area contributed by atoms with Crippen molar-refractivity contribution < 1.29 is 39.6 Å². The number of fused-ring (bicyclic) bond motifs is 3. The van der Waals surface area contributed by atoms with Gasteiger partial charge in [-0.1, -0.05) is 27.6 Å². The molecule has 1 aromatic rings. The third-order valence-corrected chi connectivity index (χ3v) is 5.13. The fourth-order valence-corrected chi connectivity index (χ4v) is 3.74. The molecule has 4 atom stereocenters. The summed E-state index contributed by atoms with van der Waals surface area (Å²) in [6.07, 6.45) is -4.96. The van der Waals surface area contributed by atoms with E-state index in [1.54, 1.807) is 13.8 Å². The van der Waals surface area contributed by atoms with E-state index in [1.807, 2.05) is 0 Å². The summed E-state index contributed by atoms with van der Waals surface area (Å²) in [4.78, 5) is 14.4. The van der Waals surface area contributed by atoms with Gasteiger partial charge in [-0.25, -0.2) is 0 Å². The number of nitrogens with two attached hydrogens (primary N) is 1. The summed E-state index contributed by atoms with van der Waals surface area (Å²) in [5.41, 5.74) is 4.63. The first kappa shape index (κ1) is 10.2. The van der Waals surface area contributed by atoms with Crippen LogP contribution < -0.4 is 15.2 Å². The van der Waals surface area contributed by atoms with Crippen molar-refractivity contribution in [2.24, 2.45) is 23.5 Å². The molecule has 1 fully saturated rings. The Morgan fingerprint density at radius 3 is 2.73 bits per heavy atom. The third-order valence-electron chi connectivity index (χ3n) is 5.13. The maximum absolute atomic E-state index is 13.5. The van der Waals surface area contributed by atoms with Crippen molar-refractivity contribution in [2.45, 2.75) is 64.9 Å². The summed E-state index contributed by atoms with van der Waals surface area (Å²) < 4.78 is 141. The fraction of sp³-hybridized carbons (Fsp3) is 0.708. The SMILES string of the molecule is [2H]c1c(OC)c(OC)c([2H])c2c1C1([2H])CC(OC(=O)[C@@]([2H])(N)C([2H])(C([2H])([2H])[2H])C([2H])([2H])[2H])C(CC(C)C)CN1C([2H])([2H])C2([2H])[2H]. The molecule has 0 radical (unpaired) electrons. The van der Waals surface area contributed by atoms with Crippen molar-refractivity contribution in [1.29, 1.82) is 0 Å². The third kappa shape index (κ3) is 4.75. The molecule has 168 valence electrons. The van der Waals surface area contributed by atoms with Crippen LogP contribution in [0.4, 0.5) is 0 Å². The van der Waals surface area contributed by atoms with Gasteiger partial charge in [-0.3, -0.25) is 9.69 Å². The van der Waals surface area contributed by atoms with Crippen molar-refractivity contribution in [3.05, 3.63) is 23.2 Å². The van der Waals surface area contributed by atoms with Crippen molar-refractivity contribution in [3.63, 3.8) is 0 Å². The zero-order chi connectivity index (χ0) is 35.1. The van der Waals surface area contributed by atoms with E-state index in [2.05, 4.69) is 0 Å². The first-order chi connectivity index (χ1) is 20.1. The second-order valence-corrected chi connectivity index (χ2v) is 7.69.